The van der Waals surface area contributed by atoms with Crippen LogP contribution in [0.4, 0.5) is 4.79 Å². The zero-order valence-electron chi connectivity index (χ0n) is 12.8. The summed E-state index contributed by atoms with van der Waals surface area (Å²) < 4.78 is 5.22. The Hall–Kier alpha value is -1.55. The zero-order valence-corrected chi connectivity index (χ0v) is 12.8. The molecule has 0 radical (unpaired) electrons. The molecule has 2 rings (SSSR count). The number of hydrogen-bond donors (Lipinski definition) is 2. The van der Waals surface area contributed by atoms with Crippen molar-refractivity contribution >= 4 is 6.09 Å². The minimum Gasteiger partial charge on any atom is -0.445 e. The normalized spacial score (nSPS) is 25.6. The van der Waals surface area contributed by atoms with Gasteiger partial charge in [-0.3, -0.25) is 0 Å². The molecule has 0 atom stereocenters. The second-order valence-electron chi connectivity index (χ2n) is 6.24. The second kappa shape index (κ2) is 6.94. The van der Waals surface area contributed by atoms with E-state index in [-0.39, 0.29) is 24.7 Å². The van der Waals surface area contributed by atoms with Gasteiger partial charge in [-0.1, -0.05) is 44.2 Å². The lowest BCUT2D eigenvalue weighted by molar-refractivity contribution is -0.0428. The number of ether oxygens (including phenoxy) is 1. The van der Waals surface area contributed by atoms with Crippen molar-refractivity contribution < 1.29 is 14.6 Å². The molecule has 1 aromatic carbocycles. The van der Waals surface area contributed by atoms with Crippen LogP contribution in [-0.4, -0.2) is 22.8 Å². The molecule has 1 aliphatic rings. The monoisotopic (exact) mass is 291 g/mol. The van der Waals surface area contributed by atoms with E-state index in [1.54, 1.807) is 0 Å². The van der Waals surface area contributed by atoms with Crippen LogP contribution in [0.2, 0.25) is 0 Å². The molecular weight excluding hydrogens is 266 g/mol. The van der Waals surface area contributed by atoms with E-state index in [0.29, 0.717) is 0 Å². The van der Waals surface area contributed by atoms with E-state index in [2.05, 4.69) is 5.32 Å². The maximum Gasteiger partial charge on any atom is 0.407 e. The topological polar surface area (TPSA) is 58.6 Å². The number of carbonyl (C=O) groups excluding carboxylic acids is 1. The van der Waals surface area contributed by atoms with Crippen molar-refractivity contribution in [2.24, 2.45) is 5.92 Å². The first kappa shape index (κ1) is 15.8. The average Bonchev–Trinajstić information content (AvgIpc) is 2.49. The maximum absolute atomic E-state index is 11.8. The van der Waals surface area contributed by atoms with Crippen LogP contribution in [0.25, 0.3) is 0 Å². The van der Waals surface area contributed by atoms with Crippen molar-refractivity contribution in [1.82, 2.24) is 5.32 Å². The van der Waals surface area contributed by atoms with Gasteiger partial charge in [0.05, 0.1) is 5.60 Å². The minimum absolute atomic E-state index is 0.104. The number of benzene rings is 1. The highest BCUT2D eigenvalue weighted by atomic mass is 16.5. The number of alkyl carbamates (subject to hydrolysis) is 1. The van der Waals surface area contributed by atoms with Gasteiger partial charge in [-0.2, -0.15) is 0 Å². The number of aliphatic hydroxyl groups is 1. The molecule has 1 fully saturated rings. The highest BCUT2D eigenvalue weighted by Crippen LogP contribution is 2.34. The standard InChI is InChI=1S/C17H25NO3/c1-13(2)17(20)10-8-15(9-11-17)18-16(19)21-12-14-6-4-3-5-7-14/h3-7,13,15,20H,8-12H2,1-2H3,(H,18,19). The molecule has 0 unspecified atom stereocenters. The predicted octanol–water partition coefficient (Wildman–Crippen LogP) is 3.24. The summed E-state index contributed by atoms with van der Waals surface area (Å²) in [5.41, 5.74) is 0.400. The van der Waals surface area contributed by atoms with Crippen molar-refractivity contribution in [1.29, 1.82) is 0 Å². The van der Waals surface area contributed by atoms with E-state index < -0.39 is 5.60 Å². The molecule has 1 aromatic rings. The highest BCUT2D eigenvalue weighted by molar-refractivity contribution is 5.67. The second-order valence-corrected chi connectivity index (χ2v) is 6.24. The molecule has 1 amide bonds. The smallest absolute Gasteiger partial charge is 0.407 e. The predicted molar refractivity (Wildman–Crippen MR) is 81.8 cm³/mol. The zero-order chi connectivity index (χ0) is 15.3. The van der Waals surface area contributed by atoms with Gasteiger partial charge in [0.1, 0.15) is 6.61 Å². The summed E-state index contributed by atoms with van der Waals surface area (Å²) in [6.07, 6.45) is 2.69. The maximum atomic E-state index is 11.8. The first-order chi connectivity index (χ1) is 9.99. The Kier molecular flexibility index (Phi) is 5.23. The molecule has 4 nitrogen and oxygen atoms in total. The third-order valence-electron chi connectivity index (χ3n) is 4.46. The van der Waals surface area contributed by atoms with E-state index in [1.165, 1.54) is 0 Å². The fourth-order valence-corrected chi connectivity index (χ4v) is 2.77. The summed E-state index contributed by atoms with van der Waals surface area (Å²) in [6, 6.07) is 9.73. The Morgan fingerprint density at radius 1 is 1.33 bits per heavy atom. The summed E-state index contributed by atoms with van der Waals surface area (Å²) in [4.78, 5) is 11.8. The Labute approximate surface area is 126 Å². The van der Waals surface area contributed by atoms with Gasteiger partial charge in [-0.25, -0.2) is 4.79 Å². The first-order valence-electron chi connectivity index (χ1n) is 7.69. The van der Waals surface area contributed by atoms with Gasteiger partial charge in [0, 0.05) is 6.04 Å². The Balaban J connectivity index is 1.72. The Morgan fingerprint density at radius 3 is 2.52 bits per heavy atom. The van der Waals surface area contributed by atoms with Crippen LogP contribution < -0.4 is 5.32 Å². The lowest BCUT2D eigenvalue weighted by atomic mass is 9.75. The van der Waals surface area contributed by atoms with Crippen molar-refractivity contribution in [3.63, 3.8) is 0 Å². The number of amides is 1. The van der Waals surface area contributed by atoms with Gasteiger partial charge in [0.2, 0.25) is 0 Å². The summed E-state index contributed by atoms with van der Waals surface area (Å²) in [5.74, 6) is 0.253. The van der Waals surface area contributed by atoms with E-state index in [1.807, 2.05) is 44.2 Å². The molecule has 1 aliphatic carbocycles. The molecule has 0 bridgehead atoms. The lowest BCUT2D eigenvalue weighted by Gasteiger charge is -2.39. The largest absolute Gasteiger partial charge is 0.445 e. The van der Waals surface area contributed by atoms with Gasteiger partial charge < -0.3 is 15.2 Å². The fraction of sp³-hybridized carbons (Fsp3) is 0.588. The van der Waals surface area contributed by atoms with Gasteiger partial charge in [-0.05, 0) is 37.2 Å². The number of hydrogen-bond acceptors (Lipinski definition) is 3. The van der Waals surface area contributed by atoms with Gasteiger partial charge in [0.15, 0.2) is 0 Å². The number of carbonyl (C=O) groups is 1. The molecule has 4 heteroatoms. The number of rotatable bonds is 4. The van der Waals surface area contributed by atoms with Gasteiger partial charge in [-0.15, -0.1) is 0 Å². The third kappa shape index (κ3) is 4.46. The highest BCUT2D eigenvalue weighted by Gasteiger charge is 2.36. The van der Waals surface area contributed by atoms with E-state index >= 15 is 0 Å². The first-order valence-corrected chi connectivity index (χ1v) is 7.69. The van der Waals surface area contributed by atoms with Gasteiger partial charge >= 0.3 is 6.09 Å². The summed E-state index contributed by atoms with van der Waals surface area (Å²) in [5, 5.41) is 13.3. The molecule has 2 N–H and O–H groups in total. The molecule has 1 saturated carbocycles. The van der Waals surface area contributed by atoms with Crippen molar-refractivity contribution in [2.45, 2.75) is 57.8 Å². The minimum atomic E-state index is -0.577. The van der Waals surface area contributed by atoms with Crippen LogP contribution in [0, 0.1) is 5.92 Å². The van der Waals surface area contributed by atoms with E-state index in [9.17, 15) is 9.90 Å². The quantitative estimate of drug-likeness (QED) is 0.895. The van der Waals surface area contributed by atoms with Crippen molar-refractivity contribution in [3.05, 3.63) is 35.9 Å². The van der Waals surface area contributed by atoms with E-state index in [0.717, 1.165) is 31.2 Å². The molecular formula is C17H25NO3. The average molecular weight is 291 g/mol. The number of nitrogens with one attached hydrogen (secondary N) is 1. The molecule has 0 aromatic heterocycles. The van der Waals surface area contributed by atoms with Crippen LogP contribution in [0.3, 0.4) is 0 Å². The summed E-state index contributed by atoms with van der Waals surface area (Å²) in [7, 11) is 0. The van der Waals surface area contributed by atoms with Crippen molar-refractivity contribution in [2.75, 3.05) is 0 Å². The lowest BCUT2D eigenvalue weighted by Crippen LogP contribution is -2.45. The van der Waals surface area contributed by atoms with Crippen LogP contribution in [0.1, 0.15) is 45.1 Å². The van der Waals surface area contributed by atoms with Crippen molar-refractivity contribution in [3.8, 4) is 0 Å². The SMILES string of the molecule is CC(C)C1(O)CCC(NC(=O)OCc2ccccc2)CC1. The van der Waals surface area contributed by atoms with Crippen LogP contribution >= 0.6 is 0 Å². The summed E-state index contributed by atoms with van der Waals surface area (Å²) >= 11 is 0. The molecule has 0 aliphatic heterocycles. The van der Waals surface area contributed by atoms with Crippen LogP contribution in [0.5, 0.6) is 0 Å². The molecule has 0 heterocycles. The van der Waals surface area contributed by atoms with Crippen LogP contribution in [-0.2, 0) is 11.3 Å². The molecule has 0 saturated heterocycles. The van der Waals surface area contributed by atoms with E-state index in [4.69, 9.17) is 4.74 Å². The third-order valence-corrected chi connectivity index (χ3v) is 4.46. The van der Waals surface area contributed by atoms with Gasteiger partial charge in [0.25, 0.3) is 0 Å². The Bertz CT molecular complexity index is 450. The summed E-state index contributed by atoms with van der Waals surface area (Å²) in [6.45, 7) is 4.37. The Morgan fingerprint density at radius 2 is 1.95 bits per heavy atom. The fourth-order valence-electron chi connectivity index (χ4n) is 2.77. The molecule has 116 valence electrons. The van der Waals surface area contributed by atoms with Crippen LogP contribution in [0.15, 0.2) is 30.3 Å². The molecule has 0 spiro atoms. The molecule has 21 heavy (non-hydrogen) atoms.